The molecule has 0 spiro atoms. The molecule has 1 unspecified atom stereocenters. The van der Waals surface area contributed by atoms with Gasteiger partial charge in [0.05, 0.1) is 0 Å². The first kappa shape index (κ1) is 22.9. The van der Waals surface area contributed by atoms with E-state index in [4.69, 9.17) is 0 Å². The van der Waals surface area contributed by atoms with E-state index in [1.54, 1.807) is 27.9 Å². The van der Waals surface area contributed by atoms with Crippen LogP contribution in [0.15, 0.2) is 64.8 Å². The molecule has 0 amide bonds. The van der Waals surface area contributed by atoms with Gasteiger partial charge in [0.1, 0.15) is 0 Å². The van der Waals surface area contributed by atoms with E-state index in [-0.39, 0.29) is 5.43 Å². The molecule has 0 saturated carbocycles. The van der Waals surface area contributed by atoms with Gasteiger partial charge >= 0.3 is 198 Å². The third kappa shape index (κ3) is 3.68. The van der Waals surface area contributed by atoms with Crippen LogP contribution in [0.25, 0.3) is 5.57 Å². The Balaban J connectivity index is 1.96. The predicted octanol–water partition coefficient (Wildman–Crippen LogP) is 8.44. The van der Waals surface area contributed by atoms with Gasteiger partial charge in [-0.25, -0.2) is 0 Å². The summed E-state index contributed by atoms with van der Waals surface area (Å²) in [6, 6.07) is 13.9. The van der Waals surface area contributed by atoms with Crippen molar-refractivity contribution in [2.75, 3.05) is 0 Å². The van der Waals surface area contributed by atoms with Gasteiger partial charge in [-0.05, 0) is 0 Å². The van der Waals surface area contributed by atoms with Crippen molar-refractivity contribution >= 4 is 11.0 Å². The molecule has 160 valence electrons. The van der Waals surface area contributed by atoms with Crippen molar-refractivity contribution in [2.45, 2.75) is 68.8 Å². The van der Waals surface area contributed by atoms with Crippen molar-refractivity contribution in [3.8, 4) is 0 Å². The van der Waals surface area contributed by atoms with Gasteiger partial charge in [0.25, 0.3) is 0 Å². The van der Waals surface area contributed by atoms with E-state index in [1.807, 2.05) is 0 Å². The number of hydrogen-bond acceptors (Lipinski definition) is 0. The summed E-state index contributed by atoms with van der Waals surface area (Å²) in [4.78, 5) is 0. The standard InChI is InChI=1S/C18H17.C9H13.C2H6Si.Zr/c1-12-8-9-13(2)18(14(12)3)17-11-10-15-6-4-5-7-16(15)17;1-6-5-7(2)9(4)8(6)3;1-3-2;/h4-11H,1-3H3;5H,1-4H3;1-2H3;. The van der Waals surface area contributed by atoms with E-state index in [1.165, 1.54) is 33.4 Å². The van der Waals surface area contributed by atoms with Gasteiger partial charge in [0.15, 0.2) is 0 Å². The van der Waals surface area contributed by atoms with E-state index in [2.05, 4.69) is 104 Å². The van der Waals surface area contributed by atoms with Gasteiger partial charge in [-0.15, -0.1) is 0 Å². The zero-order chi connectivity index (χ0) is 22.6. The summed E-state index contributed by atoms with van der Waals surface area (Å²) in [5.41, 5.74) is 16.6. The minimum absolute atomic E-state index is 0.341. The van der Waals surface area contributed by atoms with Gasteiger partial charge in [0, 0.05) is 0 Å². The molecular weight excluding hydrogens is 468 g/mol. The van der Waals surface area contributed by atoms with Crippen LogP contribution in [0, 0.1) is 20.8 Å². The molecule has 0 nitrogen and oxygen atoms in total. The fraction of sp³-hybridized carbons (Fsp3) is 0.379. The normalized spacial score (nSPS) is 18.6. The zero-order valence-corrected chi connectivity index (χ0v) is 24.2. The van der Waals surface area contributed by atoms with Crippen LogP contribution in [-0.2, 0) is 20.4 Å². The van der Waals surface area contributed by atoms with Crippen molar-refractivity contribution < 1.29 is 20.4 Å². The molecule has 2 aliphatic rings. The van der Waals surface area contributed by atoms with E-state index >= 15 is 0 Å². The Morgan fingerprint density at radius 1 is 0.742 bits per heavy atom. The monoisotopic (exact) mass is 502 g/mol. The van der Waals surface area contributed by atoms with Crippen LogP contribution in [0.1, 0.15) is 64.7 Å². The second-order valence-electron chi connectivity index (χ2n) is 9.85. The summed E-state index contributed by atoms with van der Waals surface area (Å²) in [5, 5.41) is 0. The first-order valence-corrected chi connectivity index (χ1v) is 20.6. The van der Waals surface area contributed by atoms with E-state index in [0.29, 0.717) is 3.63 Å². The van der Waals surface area contributed by atoms with Gasteiger partial charge in [0.2, 0.25) is 0 Å². The van der Waals surface area contributed by atoms with Crippen molar-refractivity contribution in [2.24, 2.45) is 0 Å². The molecule has 0 N–H and O–H groups in total. The van der Waals surface area contributed by atoms with Crippen LogP contribution in [0.4, 0.5) is 0 Å². The molecule has 1 atom stereocenters. The second-order valence-corrected chi connectivity index (χ2v) is 27.8. The first-order chi connectivity index (χ1) is 14.6. The molecule has 0 aliphatic heterocycles. The van der Waals surface area contributed by atoms with Crippen molar-refractivity contribution in [3.05, 3.63) is 98.1 Å². The van der Waals surface area contributed by atoms with Gasteiger partial charge in [-0.3, -0.25) is 0 Å². The molecule has 2 aliphatic carbocycles. The third-order valence-corrected chi connectivity index (χ3v) is 27.7. The van der Waals surface area contributed by atoms with Crippen molar-refractivity contribution in [1.29, 1.82) is 0 Å². The summed E-state index contributed by atoms with van der Waals surface area (Å²) < 4.78 is 1.46. The Hall–Kier alpha value is -1.24. The molecule has 2 heteroatoms. The molecule has 31 heavy (non-hydrogen) atoms. The van der Waals surface area contributed by atoms with Crippen LogP contribution in [-0.4, -0.2) is 5.43 Å². The zero-order valence-electron chi connectivity index (χ0n) is 20.7. The average Bonchev–Trinajstić information content (AvgIpc) is 3.19. The average molecular weight is 504 g/mol. The number of aryl methyl sites for hydroxylation is 2. The quantitative estimate of drug-likeness (QED) is 0.369. The molecule has 0 aromatic heterocycles. The second kappa shape index (κ2) is 8.60. The molecule has 0 fully saturated rings. The number of hydrogen-bond donors (Lipinski definition) is 0. The Labute approximate surface area is 197 Å². The Morgan fingerprint density at radius 2 is 1.32 bits per heavy atom. The molecule has 4 rings (SSSR count). The molecule has 0 saturated heterocycles. The number of allylic oxidation sites excluding steroid dienone is 5. The topological polar surface area (TPSA) is 0 Å². The Morgan fingerprint density at radius 3 is 1.94 bits per heavy atom. The predicted molar refractivity (Wildman–Crippen MR) is 135 cm³/mol. The summed E-state index contributed by atoms with van der Waals surface area (Å²) in [5.74, 6) is 0. The van der Waals surface area contributed by atoms with Crippen LogP contribution < -0.4 is 0 Å². The number of benzene rings is 2. The van der Waals surface area contributed by atoms with E-state index in [0.717, 1.165) is 3.63 Å². The van der Waals surface area contributed by atoms with Gasteiger partial charge in [-0.2, -0.15) is 0 Å². The number of fused-ring (bicyclic) bond motifs is 1. The maximum absolute atomic E-state index is 2.73. The van der Waals surface area contributed by atoms with E-state index in [9.17, 15) is 0 Å². The summed E-state index contributed by atoms with van der Waals surface area (Å²) in [6.45, 7) is 21.7. The maximum atomic E-state index is 2.73. The van der Waals surface area contributed by atoms with Crippen LogP contribution in [0.3, 0.4) is 0 Å². The van der Waals surface area contributed by atoms with Crippen LogP contribution in [0.5, 0.6) is 0 Å². The van der Waals surface area contributed by atoms with E-state index < -0.39 is 20.4 Å². The number of rotatable bonds is 3. The summed E-state index contributed by atoms with van der Waals surface area (Å²) in [7, 11) is 0. The molecular formula is C29H36SiZr. The van der Waals surface area contributed by atoms with Gasteiger partial charge < -0.3 is 0 Å². The summed E-state index contributed by atoms with van der Waals surface area (Å²) >= 11 is -1.89. The SMILES string of the molecule is CC1=C(C)[CH]([Zr]([CH]2C=C(c3c(C)ccc(C)c3C)c3ccccc32)=[Si](C)C)C(C)=C1C. The fourth-order valence-corrected chi connectivity index (χ4v) is 26.3. The first-order valence-electron chi connectivity index (χ1n) is 11.6. The molecule has 0 heterocycles. The molecule has 2 aromatic rings. The van der Waals surface area contributed by atoms with Crippen LogP contribution in [0.2, 0.25) is 16.7 Å². The van der Waals surface area contributed by atoms with Gasteiger partial charge in [-0.1, -0.05) is 0 Å². The molecule has 2 aromatic carbocycles. The van der Waals surface area contributed by atoms with Crippen molar-refractivity contribution in [3.63, 3.8) is 0 Å². The Kier molecular flexibility index (Phi) is 6.36. The Bertz CT molecular complexity index is 1190. The van der Waals surface area contributed by atoms with Crippen LogP contribution >= 0.6 is 0 Å². The third-order valence-electron chi connectivity index (χ3n) is 7.97. The minimum atomic E-state index is -1.89. The molecule has 0 bridgehead atoms. The molecule has 0 radical (unpaired) electrons. The summed E-state index contributed by atoms with van der Waals surface area (Å²) in [6.07, 6.45) is 2.73. The van der Waals surface area contributed by atoms with Crippen molar-refractivity contribution in [1.82, 2.24) is 0 Å². The fourth-order valence-electron chi connectivity index (χ4n) is 5.80.